The summed E-state index contributed by atoms with van der Waals surface area (Å²) in [5.41, 5.74) is -0.0328. The van der Waals surface area contributed by atoms with E-state index in [2.05, 4.69) is 9.97 Å². The predicted molar refractivity (Wildman–Crippen MR) is 83.6 cm³/mol. The maximum Gasteiger partial charge on any atom is 0.348 e. The fourth-order valence-corrected chi connectivity index (χ4v) is 2.67. The van der Waals surface area contributed by atoms with Gasteiger partial charge in [-0.05, 0) is 30.9 Å². The van der Waals surface area contributed by atoms with E-state index in [1.165, 1.54) is 24.0 Å². The lowest BCUT2D eigenvalue weighted by molar-refractivity contribution is -0.0786. The first-order valence-electron chi connectivity index (χ1n) is 7.02. The summed E-state index contributed by atoms with van der Waals surface area (Å²) in [5.74, 6) is -2.81. The molecule has 0 aromatic carbocycles. The van der Waals surface area contributed by atoms with Crippen molar-refractivity contribution < 1.29 is 13.2 Å². The van der Waals surface area contributed by atoms with Crippen LogP contribution in [0.3, 0.4) is 0 Å². The van der Waals surface area contributed by atoms with Crippen LogP contribution in [0.1, 0.15) is 13.8 Å². The molecule has 1 atom stereocenters. The van der Waals surface area contributed by atoms with Gasteiger partial charge in [0.1, 0.15) is 5.69 Å². The second kappa shape index (κ2) is 7.16. The van der Waals surface area contributed by atoms with Gasteiger partial charge in [-0.25, -0.2) is 18.0 Å². The molecule has 0 amide bonds. The summed E-state index contributed by atoms with van der Waals surface area (Å²) >= 11 is 1.54. The summed E-state index contributed by atoms with van der Waals surface area (Å²) in [6.07, 6.45) is 0.412. The minimum Gasteiger partial charge on any atom is -0.293 e. The molecule has 8 heteroatoms. The Balaban J connectivity index is 2.35. The Hall–Kier alpha value is -1.83. The summed E-state index contributed by atoms with van der Waals surface area (Å²) in [7, 11) is 0. The zero-order chi connectivity index (χ0) is 17.0. The van der Waals surface area contributed by atoms with Crippen molar-refractivity contribution >= 4 is 11.8 Å². The quantitative estimate of drug-likeness (QED) is 0.754. The molecular formula is C15H16F3N3OS. The van der Waals surface area contributed by atoms with Gasteiger partial charge in [0.05, 0.1) is 12.2 Å². The number of alkyl halides is 3. The van der Waals surface area contributed by atoms with Crippen LogP contribution >= 0.6 is 11.8 Å². The van der Waals surface area contributed by atoms with Gasteiger partial charge in [-0.15, -0.1) is 11.8 Å². The Morgan fingerprint density at radius 3 is 2.74 bits per heavy atom. The number of pyridine rings is 1. The molecule has 0 aliphatic carbocycles. The van der Waals surface area contributed by atoms with E-state index >= 15 is 0 Å². The van der Waals surface area contributed by atoms with Crippen molar-refractivity contribution in [3.05, 3.63) is 41.1 Å². The van der Waals surface area contributed by atoms with Crippen LogP contribution in [0.15, 0.2) is 40.3 Å². The summed E-state index contributed by atoms with van der Waals surface area (Å²) in [6, 6.07) is 5.05. The topological polar surface area (TPSA) is 47.8 Å². The van der Waals surface area contributed by atoms with Crippen LogP contribution in [0.5, 0.6) is 0 Å². The van der Waals surface area contributed by atoms with Crippen LogP contribution in [0, 0.1) is 0 Å². The van der Waals surface area contributed by atoms with E-state index < -0.39 is 24.3 Å². The highest BCUT2D eigenvalue weighted by molar-refractivity contribution is 7.99. The zero-order valence-electron chi connectivity index (χ0n) is 12.7. The highest BCUT2D eigenvalue weighted by Gasteiger charge is 2.37. The number of thioether (sulfide) groups is 1. The molecule has 0 saturated carbocycles. The molecule has 124 valence electrons. The van der Waals surface area contributed by atoms with Crippen molar-refractivity contribution in [1.29, 1.82) is 0 Å². The number of rotatable bonds is 6. The summed E-state index contributed by atoms with van der Waals surface area (Å²) in [4.78, 5) is 20.8. The molecule has 0 spiro atoms. The van der Waals surface area contributed by atoms with E-state index in [-0.39, 0.29) is 0 Å². The van der Waals surface area contributed by atoms with Crippen LogP contribution < -0.4 is 5.69 Å². The van der Waals surface area contributed by atoms with Crippen LogP contribution in [0.4, 0.5) is 13.2 Å². The van der Waals surface area contributed by atoms with Crippen LogP contribution in [-0.4, -0.2) is 32.4 Å². The number of hydrogen-bond acceptors (Lipinski definition) is 4. The lowest BCUT2D eigenvalue weighted by Gasteiger charge is -2.18. The van der Waals surface area contributed by atoms with Crippen LogP contribution in [0.25, 0.3) is 11.4 Å². The maximum absolute atomic E-state index is 13.4. The molecule has 0 radical (unpaired) electrons. The average molecular weight is 343 g/mol. The predicted octanol–water partition coefficient (Wildman–Crippen LogP) is 3.41. The van der Waals surface area contributed by atoms with Gasteiger partial charge in [0.25, 0.3) is 5.92 Å². The second-order valence-electron chi connectivity index (χ2n) is 4.88. The van der Waals surface area contributed by atoms with Crippen LogP contribution in [0.2, 0.25) is 0 Å². The molecule has 4 nitrogen and oxygen atoms in total. The summed E-state index contributed by atoms with van der Waals surface area (Å²) in [6.45, 7) is 1.69. The molecule has 1 unspecified atom stereocenters. The molecule has 23 heavy (non-hydrogen) atoms. The molecule has 0 aliphatic rings. The highest BCUT2D eigenvalue weighted by atomic mass is 32.2. The fourth-order valence-electron chi connectivity index (χ4n) is 1.89. The van der Waals surface area contributed by atoms with Gasteiger partial charge < -0.3 is 0 Å². The fraction of sp³-hybridized carbons (Fsp3) is 0.400. The average Bonchev–Trinajstić information content (AvgIpc) is 2.50. The molecule has 0 saturated heterocycles. The van der Waals surface area contributed by atoms with Gasteiger partial charge >= 0.3 is 5.69 Å². The van der Waals surface area contributed by atoms with Crippen molar-refractivity contribution in [1.82, 2.24) is 14.5 Å². The van der Waals surface area contributed by atoms with Crippen molar-refractivity contribution in [3.8, 4) is 11.4 Å². The lowest BCUT2D eigenvalue weighted by atomic mass is 10.2. The van der Waals surface area contributed by atoms with Gasteiger partial charge in [0.2, 0.25) is 0 Å². The first-order chi connectivity index (χ1) is 10.8. The lowest BCUT2D eigenvalue weighted by Crippen LogP contribution is -2.37. The van der Waals surface area contributed by atoms with Gasteiger partial charge in [-0.2, -0.15) is 4.98 Å². The van der Waals surface area contributed by atoms with E-state index in [1.54, 1.807) is 12.3 Å². The van der Waals surface area contributed by atoms with Crippen molar-refractivity contribution in [3.63, 3.8) is 0 Å². The van der Waals surface area contributed by atoms with Crippen LogP contribution in [-0.2, 0) is 6.54 Å². The molecule has 0 N–H and O–H groups in total. The monoisotopic (exact) mass is 343 g/mol. The van der Waals surface area contributed by atoms with Gasteiger partial charge in [-0.3, -0.25) is 9.55 Å². The van der Waals surface area contributed by atoms with E-state index in [1.807, 2.05) is 13.0 Å². The van der Waals surface area contributed by atoms with E-state index in [9.17, 15) is 18.0 Å². The molecular weight excluding hydrogens is 327 g/mol. The van der Waals surface area contributed by atoms with E-state index in [4.69, 9.17) is 0 Å². The minimum atomic E-state index is -3.62. The third-order valence-corrected chi connectivity index (χ3v) is 4.08. The highest BCUT2D eigenvalue weighted by Crippen LogP contribution is 2.27. The molecule has 0 fully saturated rings. The first kappa shape index (κ1) is 17.5. The zero-order valence-corrected chi connectivity index (χ0v) is 13.5. The van der Waals surface area contributed by atoms with E-state index in [0.29, 0.717) is 16.0 Å². The largest absolute Gasteiger partial charge is 0.348 e. The number of halogens is 3. The Bertz CT molecular complexity index is 734. The minimum absolute atomic E-state index is 0.305. The SMILES string of the molecule is CCSc1cccnc1-c1ccn(CC(F)(F)C(C)F)c(=O)n1. The maximum atomic E-state index is 13.4. The van der Waals surface area contributed by atoms with Gasteiger partial charge in [0.15, 0.2) is 6.17 Å². The molecule has 0 bridgehead atoms. The van der Waals surface area contributed by atoms with E-state index in [0.717, 1.165) is 17.6 Å². The molecule has 2 rings (SSSR count). The number of aromatic nitrogens is 3. The third kappa shape index (κ3) is 4.13. The smallest absolute Gasteiger partial charge is 0.293 e. The number of nitrogens with zero attached hydrogens (tertiary/aromatic N) is 3. The Kier molecular flexibility index (Phi) is 5.46. The molecule has 0 aliphatic heterocycles. The normalized spacial score (nSPS) is 13.1. The standard InChI is InChI=1S/C15H16F3N3OS/c1-3-23-12-5-4-7-19-13(12)11-6-8-21(14(22)20-11)9-15(17,18)10(2)16/h4-8,10H,3,9H2,1-2H3. The number of hydrogen-bond donors (Lipinski definition) is 0. The summed E-state index contributed by atoms with van der Waals surface area (Å²) in [5, 5.41) is 0. The first-order valence-corrected chi connectivity index (χ1v) is 8.01. The Morgan fingerprint density at radius 1 is 1.39 bits per heavy atom. The Labute approximate surface area is 135 Å². The molecule has 2 heterocycles. The Morgan fingerprint density at radius 2 is 2.13 bits per heavy atom. The van der Waals surface area contributed by atoms with Crippen molar-refractivity contribution in [2.75, 3.05) is 5.75 Å². The van der Waals surface area contributed by atoms with Crippen molar-refractivity contribution in [2.24, 2.45) is 0 Å². The third-order valence-electron chi connectivity index (χ3n) is 3.15. The second-order valence-corrected chi connectivity index (χ2v) is 6.19. The molecule has 2 aromatic rings. The molecule has 2 aromatic heterocycles. The van der Waals surface area contributed by atoms with Gasteiger partial charge in [0, 0.05) is 17.3 Å². The van der Waals surface area contributed by atoms with Crippen molar-refractivity contribution in [2.45, 2.75) is 37.4 Å². The summed E-state index contributed by atoms with van der Waals surface area (Å²) < 4.78 is 40.4. The van der Waals surface area contributed by atoms with Gasteiger partial charge in [-0.1, -0.05) is 6.92 Å².